The minimum atomic E-state index is 0.545. The van der Waals surface area contributed by atoms with Gasteiger partial charge in [0.2, 0.25) is 0 Å². The third-order valence-corrected chi connectivity index (χ3v) is 4.80. The van der Waals surface area contributed by atoms with Crippen LogP contribution in [-0.4, -0.2) is 9.97 Å². The highest BCUT2D eigenvalue weighted by molar-refractivity contribution is 7.15. The molecule has 0 aliphatic heterocycles. The fourth-order valence-electron chi connectivity index (χ4n) is 2.71. The molecule has 0 atom stereocenters. The number of aryl methyl sites for hydroxylation is 2. The summed E-state index contributed by atoms with van der Waals surface area (Å²) >= 11 is 1.69. The molecule has 0 fully saturated rings. The van der Waals surface area contributed by atoms with Gasteiger partial charge in [-0.15, -0.1) is 11.3 Å². The number of benzene rings is 1. The minimum absolute atomic E-state index is 0.545. The Morgan fingerprint density at radius 3 is 3.00 bits per heavy atom. The van der Waals surface area contributed by atoms with Crippen LogP contribution < -0.4 is 5.32 Å². The zero-order valence-corrected chi connectivity index (χ0v) is 12.1. The quantitative estimate of drug-likeness (QED) is 0.780. The van der Waals surface area contributed by atoms with E-state index in [1.54, 1.807) is 17.5 Å². The summed E-state index contributed by atoms with van der Waals surface area (Å²) in [6, 6.07) is 10.0. The molecule has 4 nitrogen and oxygen atoms in total. The summed E-state index contributed by atoms with van der Waals surface area (Å²) in [4.78, 5) is 10.3. The van der Waals surface area contributed by atoms with Crippen molar-refractivity contribution in [2.24, 2.45) is 0 Å². The maximum atomic E-state index is 9.33. The van der Waals surface area contributed by atoms with E-state index in [4.69, 9.17) is 0 Å². The highest BCUT2D eigenvalue weighted by Gasteiger charge is 2.18. The van der Waals surface area contributed by atoms with Gasteiger partial charge in [0, 0.05) is 16.5 Å². The first-order chi connectivity index (χ1) is 10.3. The molecule has 1 aliphatic carbocycles. The van der Waals surface area contributed by atoms with E-state index in [1.807, 2.05) is 24.3 Å². The standard InChI is InChI=1S/C16H12N4S/c17-8-10-9-18-12-5-2-1-4-11(12)15(10)20-16-19-13-6-3-7-14(13)21-16/h1-2,4-5,9H,3,6-7H2,(H,18,19,20). The fourth-order valence-corrected chi connectivity index (χ4v) is 3.77. The van der Waals surface area contributed by atoms with Crippen molar-refractivity contribution in [3.05, 3.63) is 46.6 Å². The molecule has 0 unspecified atom stereocenters. The van der Waals surface area contributed by atoms with E-state index in [1.165, 1.54) is 17.0 Å². The fraction of sp³-hybridized carbons (Fsp3) is 0.188. The lowest BCUT2D eigenvalue weighted by atomic mass is 10.1. The van der Waals surface area contributed by atoms with Crippen LogP contribution in [0.2, 0.25) is 0 Å². The van der Waals surface area contributed by atoms with Crippen molar-refractivity contribution < 1.29 is 0 Å². The molecule has 0 radical (unpaired) electrons. The van der Waals surface area contributed by atoms with Crippen LogP contribution in [0.3, 0.4) is 0 Å². The molecule has 102 valence electrons. The molecule has 1 aromatic carbocycles. The van der Waals surface area contributed by atoms with Crippen LogP contribution in [-0.2, 0) is 12.8 Å². The largest absolute Gasteiger partial charge is 0.330 e. The molecule has 0 amide bonds. The van der Waals surface area contributed by atoms with Gasteiger partial charge in [0.25, 0.3) is 0 Å². The van der Waals surface area contributed by atoms with Crippen LogP contribution in [0, 0.1) is 11.3 Å². The first kappa shape index (κ1) is 12.3. The molecule has 0 saturated carbocycles. The van der Waals surface area contributed by atoms with Crippen LogP contribution in [0.5, 0.6) is 0 Å². The van der Waals surface area contributed by atoms with Gasteiger partial charge in [0.15, 0.2) is 5.13 Å². The molecule has 0 saturated heterocycles. The first-order valence-corrected chi connectivity index (χ1v) is 7.70. The monoisotopic (exact) mass is 292 g/mol. The van der Waals surface area contributed by atoms with E-state index in [2.05, 4.69) is 21.4 Å². The molecule has 4 rings (SSSR count). The molecule has 1 N–H and O–H groups in total. The second-order valence-electron chi connectivity index (χ2n) is 5.04. The van der Waals surface area contributed by atoms with Crippen LogP contribution in [0.1, 0.15) is 22.6 Å². The van der Waals surface area contributed by atoms with E-state index >= 15 is 0 Å². The van der Waals surface area contributed by atoms with E-state index in [-0.39, 0.29) is 0 Å². The molecule has 0 spiro atoms. The van der Waals surface area contributed by atoms with Gasteiger partial charge in [-0.3, -0.25) is 4.98 Å². The molecular weight excluding hydrogens is 280 g/mol. The van der Waals surface area contributed by atoms with Crippen molar-refractivity contribution >= 4 is 33.1 Å². The van der Waals surface area contributed by atoms with Crippen molar-refractivity contribution in [2.75, 3.05) is 5.32 Å². The summed E-state index contributed by atoms with van der Waals surface area (Å²) in [7, 11) is 0. The molecule has 1 aliphatic rings. The number of nitrogens with one attached hydrogen (secondary N) is 1. The van der Waals surface area contributed by atoms with Crippen molar-refractivity contribution in [1.82, 2.24) is 9.97 Å². The minimum Gasteiger partial charge on any atom is -0.330 e. The second-order valence-corrected chi connectivity index (χ2v) is 6.13. The Labute approximate surface area is 126 Å². The number of fused-ring (bicyclic) bond motifs is 2. The van der Waals surface area contributed by atoms with Gasteiger partial charge in [0.05, 0.1) is 22.5 Å². The third-order valence-electron chi connectivity index (χ3n) is 3.72. The van der Waals surface area contributed by atoms with Gasteiger partial charge in [-0.25, -0.2) is 4.98 Å². The van der Waals surface area contributed by atoms with E-state index in [0.29, 0.717) is 5.56 Å². The molecule has 5 heteroatoms. The molecule has 2 heterocycles. The van der Waals surface area contributed by atoms with Crippen LogP contribution in [0.4, 0.5) is 10.8 Å². The van der Waals surface area contributed by atoms with Gasteiger partial charge in [-0.05, 0) is 25.3 Å². The van der Waals surface area contributed by atoms with Gasteiger partial charge in [-0.1, -0.05) is 18.2 Å². The van der Waals surface area contributed by atoms with Crippen LogP contribution in [0.15, 0.2) is 30.5 Å². The number of thiazole rings is 1. The predicted molar refractivity (Wildman–Crippen MR) is 83.9 cm³/mol. The number of rotatable bonds is 2. The van der Waals surface area contributed by atoms with E-state index in [0.717, 1.165) is 34.6 Å². The van der Waals surface area contributed by atoms with Gasteiger partial charge in [0.1, 0.15) is 6.07 Å². The second kappa shape index (κ2) is 4.83. The Bertz CT molecular complexity index is 854. The Kier molecular flexibility index (Phi) is 2.83. The van der Waals surface area contributed by atoms with Crippen molar-refractivity contribution in [3.63, 3.8) is 0 Å². The Hall–Kier alpha value is -2.45. The SMILES string of the molecule is N#Cc1cnc2ccccc2c1Nc1nc2c(s1)CCC2. The summed E-state index contributed by atoms with van der Waals surface area (Å²) < 4.78 is 0. The summed E-state index contributed by atoms with van der Waals surface area (Å²) in [5, 5.41) is 14.5. The number of para-hydroxylation sites is 1. The molecule has 3 aromatic rings. The number of aromatic nitrogens is 2. The van der Waals surface area contributed by atoms with Crippen LogP contribution in [0.25, 0.3) is 10.9 Å². The maximum absolute atomic E-state index is 9.33. The van der Waals surface area contributed by atoms with Gasteiger partial charge in [-0.2, -0.15) is 5.26 Å². The zero-order valence-electron chi connectivity index (χ0n) is 11.3. The maximum Gasteiger partial charge on any atom is 0.187 e. The van der Waals surface area contributed by atoms with Crippen LogP contribution >= 0.6 is 11.3 Å². The Morgan fingerprint density at radius 2 is 2.14 bits per heavy atom. The number of pyridine rings is 1. The smallest absolute Gasteiger partial charge is 0.187 e. The topological polar surface area (TPSA) is 61.6 Å². The average molecular weight is 292 g/mol. The number of anilines is 2. The average Bonchev–Trinajstić information content (AvgIpc) is 3.09. The van der Waals surface area contributed by atoms with Gasteiger partial charge >= 0.3 is 0 Å². The number of nitriles is 1. The van der Waals surface area contributed by atoms with E-state index < -0.39 is 0 Å². The highest BCUT2D eigenvalue weighted by Crippen LogP contribution is 2.34. The highest BCUT2D eigenvalue weighted by atomic mass is 32.1. The third kappa shape index (κ3) is 2.05. The van der Waals surface area contributed by atoms with Crippen molar-refractivity contribution in [2.45, 2.75) is 19.3 Å². The normalized spacial score (nSPS) is 13.1. The Morgan fingerprint density at radius 1 is 1.24 bits per heavy atom. The lowest BCUT2D eigenvalue weighted by molar-refractivity contribution is 0.900. The molecule has 21 heavy (non-hydrogen) atoms. The summed E-state index contributed by atoms with van der Waals surface area (Å²) in [5.41, 5.74) is 3.43. The summed E-state index contributed by atoms with van der Waals surface area (Å²) in [5.74, 6) is 0. The predicted octanol–water partition coefficient (Wildman–Crippen LogP) is 3.80. The zero-order chi connectivity index (χ0) is 14.2. The Balaban J connectivity index is 1.83. The van der Waals surface area contributed by atoms with E-state index in [9.17, 15) is 5.26 Å². The lowest BCUT2D eigenvalue weighted by Gasteiger charge is -2.08. The molecular formula is C16H12N4S. The number of hydrogen-bond donors (Lipinski definition) is 1. The number of hydrogen-bond acceptors (Lipinski definition) is 5. The first-order valence-electron chi connectivity index (χ1n) is 6.88. The van der Waals surface area contributed by atoms with Crippen molar-refractivity contribution in [3.8, 4) is 6.07 Å². The van der Waals surface area contributed by atoms with Crippen molar-refractivity contribution in [1.29, 1.82) is 5.26 Å². The summed E-state index contributed by atoms with van der Waals surface area (Å²) in [6.07, 6.45) is 5.01. The summed E-state index contributed by atoms with van der Waals surface area (Å²) in [6.45, 7) is 0. The van der Waals surface area contributed by atoms with Gasteiger partial charge < -0.3 is 5.32 Å². The number of nitrogens with zero attached hydrogens (tertiary/aromatic N) is 3. The lowest BCUT2D eigenvalue weighted by Crippen LogP contribution is -1.96. The molecule has 0 bridgehead atoms. The molecule has 2 aromatic heterocycles.